The standard InChI is InChI=1S/C41H60N4O9/c1-24(2)33(38(49)42-27(7)40(51)53-8)43-36(47)30(20-28-16-12-10-13-17-28)22-32(46)23-31(21-29-18-14-11-15-19-29)37(48)44-34(25(3)4)39(50)45-35(26(5)6)41(52)54-9/h10-19,24-27,30-35,46H,20-23H2,1-9H3,(H,42,49)(H,43,47)(H,44,48)(H,45,50). The van der Waals surface area contributed by atoms with Gasteiger partial charge in [0.05, 0.1) is 20.3 Å². The third-order valence-electron chi connectivity index (χ3n) is 9.33. The molecule has 5 N–H and O–H groups in total. The zero-order valence-electron chi connectivity index (χ0n) is 33.1. The van der Waals surface area contributed by atoms with E-state index in [4.69, 9.17) is 9.47 Å². The van der Waals surface area contributed by atoms with E-state index >= 15 is 0 Å². The number of hydrogen-bond acceptors (Lipinski definition) is 9. The number of carbonyl (C=O) groups excluding carboxylic acids is 6. The Morgan fingerprint density at radius 2 is 0.870 bits per heavy atom. The molecule has 0 aromatic heterocycles. The van der Waals surface area contributed by atoms with Gasteiger partial charge in [0.15, 0.2) is 0 Å². The van der Waals surface area contributed by atoms with E-state index in [1.54, 1.807) is 41.5 Å². The third kappa shape index (κ3) is 14.6. The molecule has 0 aliphatic rings. The van der Waals surface area contributed by atoms with E-state index in [1.807, 2.05) is 60.7 Å². The van der Waals surface area contributed by atoms with Gasteiger partial charge in [-0.15, -0.1) is 0 Å². The summed E-state index contributed by atoms with van der Waals surface area (Å²) in [5.74, 6) is -5.79. The summed E-state index contributed by atoms with van der Waals surface area (Å²) >= 11 is 0. The smallest absolute Gasteiger partial charge is 0.328 e. The SMILES string of the molecule is COC(=O)C(C)NC(=O)C(NC(=O)C(Cc1ccccc1)CC(O)CC(Cc1ccccc1)C(=O)NC(C(=O)NC(C(=O)OC)C(C)C)C(C)C)C(C)C. The van der Waals surface area contributed by atoms with Gasteiger partial charge in [-0.25, -0.2) is 9.59 Å². The highest BCUT2D eigenvalue weighted by molar-refractivity contribution is 5.92. The van der Waals surface area contributed by atoms with Crippen molar-refractivity contribution in [2.75, 3.05) is 14.2 Å². The first-order chi connectivity index (χ1) is 25.5. The fourth-order valence-electron chi connectivity index (χ4n) is 6.14. The number of nitrogens with one attached hydrogen (secondary N) is 4. The van der Waals surface area contributed by atoms with Crippen molar-refractivity contribution in [3.8, 4) is 0 Å². The Morgan fingerprint density at radius 3 is 1.22 bits per heavy atom. The maximum atomic E-state index is 14.0. The van der Waals surface area contributed by atoms with Crippen LogP contribution in [0.1, 0.15) is 72.4 Å². The minimum absolute atomic E-state index is 0.0341. The van der Waals surface area contributed by atoms with Gasteiger partial charge in [-0.05, 0) is 61.5 Å². The molecule has 0 spiro atoms. The lowest BCUT2D eigenvalue weighted by Crippen LogP contribution is -2.56. The van der Waals surface area contributed by atoms with Crippen LogP contribution in [0.4, 0.5) is 0 Å². The molecule has 13 heteroatoms. The van der Waals surface area contributed by atoms with Crippen LogP contribution in [0.15, 0.2) is 60.7 Å². The van der Waals surface area contributed by atoms with Crippen LogP contribution in [0.3, 0.4) is 0 Å². The molecule has 0 heterocycles. The highest BCUT2D eigenvalue weighted by atomic mass is 16.5. The summed E-state index contributed by atoms with van der Waals surface area (Å²) < 4.78 is 9.58. The van der Waals surface area contributed by atoms with Crippen LogP contribution in [0.25, 0.3) is 0 Å². The zero-order chi connectivity index (χ0) is 40.5. The van der Waals surface area contributed by atoms with Crippen molar-refractivity contribution in [2.24, 2.45) is 29.6 Å². The molecule has 2 aromatic rings. The van der Waals surface area contributed by atoms with E-state index in [1.165, 1.54) is 21.1 Å². The summed E-state index contributed by atoms with van der Waals surface area (Å²) in [6, 6.07) is 14.7. The van der Waals surface area contributed by atoms with Crippen molar-refractivity contribution in [3.05, 3.63) is 71.8 Å². The number of rotatable bonds is 21. The monoisotopic (exact) mass is 752 g/mol. The van der Waals surface area contributed by atoms with E-state index in [0.29, 0.717) is 0 Å². The number of esters is 2. The highest BCUT2D eigenvalue weighted by Gasteiger charge is 2.35. The van der Waals surface area contributed by atoms with E-state index in [-0.39, 0.29) is 43.4 Å². The Balaban J connectivity index is 2.36. The predicted octanol–water partition coefficient (Wildman–Crippen LogP) is 3.12. The van der Waals surface area contributed by atoms with Crippen LogP contribution in [-0.4, -0.2) is 85.2 Å². The minimum atomic E-state index is -1.13. The number of carbonyl (C=O) groups is 6. The van der Waals surface area contributed by atoms with Crippen LogP contribution in [0.5, 0.6) is 0 Å². The molecule has 298 valence electrons. The summed E-state index contributed by atoms with van der Waals surface area (Å²) in [6.07, 6.45) is -0.709. The van der Waals surface area contributed by atoms with Crippen LogP contribution in [0.2, 0.25) is 0 Å². The quantitative estimate of drug-likeness (QED) is 0.119. The molecule has 7 atom stereocenters. The van der Waals surface area contributed by atoms with Crippen LogP contribution in [0, 0.1) is 29.6 Å². The first-order valence-corrected chi connectivity index (χ1v) is 18.6. The summed E-state index contributed by atoms with van der Waals surface area (Å²) in [5.41, 5.74) is 1.68. The summed E-state index contributed by atoms with van der Waals surface area (Å²) in [7, 11) is 2.46. The number of methoxy groups -OCH3 is 2. The first kappa shape index (κ1) is 45.4. The van der Waals surface area contributed by atoms with E-state index < -0.39 is 77.7 Å². The molecule has 0 saturated heterocycles. The Labute approximate surface area is 319 Å². The molecule has 0 aliphatic heterocycles. The summed E-state index contributed by atoms with van der Waals surface area (Å²) in [4.78, 5) is 79.0. The average molecular weight is 753 g/mol. The average Bonchev–Trinajstić information content (AvgIpc) is 3.13. The molecule has 0 bridgehead atoms. The van der Waals surface area contributed by atoms with Crippen LogP contribution < -0.4 is 21.3 Å². The molecular weight excluding hydrogens is 692 g/mol. The topological polar surface area (TPSA) is 189 Å². The highest BCUT2D eigenvalue weighted by Crippen LogP contribution is 2.23. The van der Waals surface area contributed by atoms with Crippen molar-refractivity contribution in [3.63, 3.8) is 0 Å². The third-order valence-corrected chi connectivity index (χ3v) is 9.33. The molecule has 13 nitrogen and oxygen atoms in total. The molecule has 0 radical (unpaired) electrons. The number of aliphatic hydroxyl groups is 1. The van der Waals surface area contributed by atoms with E-state index in [9.17, 15) is 33.9 Å². The van der Waals surface area contributed by atoms with E-state index in [0.717, 1.165) is 11.1 Å². The number of ether oxygens (including phenoxy) is 2. The predicted molar refractivity (Wildman–Crippen MR) is 204 cm³/mol. The molecule has 54 heavy (non-hydrogen) atoms. The van der Waals surface area contributed by atoms with Gasteiger partial charge in [0.1, 0.15) is 24.2 Å². The summed E-state index contributed by atoms with van der Waals surface area (Å²) in [5, 5.41) is 22.6. The van der Waals surface area contributed by atoms with Gasteiger partial charge in [-0.1, -0.05) is 102 Å². The molecule has 0 aliphatic carbocycles. The van der Waals surface area contributed by atoms with Gasteiger partial charge in [-0.3, -0.25) is 19.2 Å². The second kappa shape index (κ2) is 22.4. The molecular formula is C41H60N4O9. The van der Waals surface area contributed by atoms with Gasteiger partial charge < -0.3 is 35.8 Å². The number of amides is 4. The molecule has 0 saturated carbocycles. The largest absolute Gasteiger partial charge is 0.467 e. The van der Waals surface area contributed by atoms with Gasteiger partial charge in [0, 0.05) is 11.8 Å². The normalized spacial score (nSPS) is 15.2. The fourth-order valence-corrected chi connectivity index (χ4v) is 6.14. The van der Waals surface area contributed by atoms with Gasteiger partial charge in [-0.2, -0.15) is 0 Å². The molecule has 2 aromatic carbocycles. The Bertz CT molecular complexity index is 1520. The van der Waals surface area contributed by atoms with Gasteiger partial charge >= 0.3 is 11.9 Å². The van der Waals surface area contributed by atoms with E-state index in [2.05, 4.69) is 21.3 Å². The Hall–Kier alpha value is -4.78. The molecule has 4 amide bonds. The van der Waals surface area contributed by atoms with Crippen molar-refractivity contribution in [1.82, 2.24) is 21.3 Å². The van der Waals surface area contributed by atoms with Crippen molar-refractivity contribution in [2.45, 2.75) is 104 Å². The molecule has 2 rings (SSSR count). The second-order valence-electron chi connectivity index (χ2n) is 14.9. The van der Waals surface area contributed by atoms with Crippen molar-refractivity contribution >= 4 is 35.6 Å². The fraction of sp³-hybridized carbons (Fsp3) is 0.561. The number of aliphatic hydroxyl groups excluding tert-OH is 1. The number of benzene rings is 2. The molecule has 0 fully saturated rings. The summed E-state index contributed by atoms with van der Waals surface area (Å²) in [6.45, 7) is 12.1. The lowest BCUT2D eigenvalue weighted by Gasteiger charge is -2.29. The zero-order valence-corrected chi connectivity index (χ0v) is 33.1. The lowest BCUT2D eigenvalue weighted by atomic mass is 9.86. The van der Waals surface area contributed by atoms with Crippen LogP contribution >= 0.6 is 0 Å². The Morgan fingerprint density at radius 1 is 0.519 bits per heavy atom. The maximum Gasteiger partial charge on any atom is 0.328 e. The van der Waals surface area contributed by atoms with Crippen LogP contribution in [-0.2, 0) is 51.1 Å². The minimum Gasteiger partial charge on any atom is -0.467 e. The van der Waals surface area contributed by atoms with Gasteiger partial charge in [0.25, 0.3) is 0 Å². The lowest BCUT2D eigenvalue weighted by molar-refractivity contribution is -0.147. The maximum absolute atomic E-state index is 14.0. The van der Waals surface area contributed by atoms with Crippen molar-refractivity contribution in [1.29, 1.82) is 0 Å². The number of hydrogen-bond donors (Lipinski definition) is 5. The molecule has 7 unspecified atom stereocenters. The van der Waals surface area contributed by atoms with Crippen molar-refractivity contribution < 1.29 is 43.3 Å². The second-order valence-corrected chi connectivity index (χ2v) is 14.9. The van der Waals surface area contributed by atoms with Gasteiger partial charge in [0.2, 0.25) is 23.6 Å². The first-order valence-electron chi connectivity index (χ1n) is 18.6. The Kier molecular flexibility index (Phi) is 18.9.